The second-order valence-corrected chi connectivity index (χ2v) is 4.75. The number of fused-ring (bicyclic) bond motifs is 1. The molecule has 7 heteroatoms. The molecule has 0 radical (unpaired) electrons. The van der Waals surface area contributed by atoms with Crippen LogP contribution < -0.4 is 5.73 Å². The fraction of sp³-hybridized carbons (Fsp3) is 0.455. The number of azide groups is 1. The molecule has 0 aliphatic carbocycles. The van der Waals surface area contributed by atoms with Gasteiger partial charge in [0, 0.05) is 16.9 Å². The van der Waals surface area contributed by atoms with Gasteiger partial charge in [-0.25, -0.2) is 4.98 Å². The number of aromatic nitrogens is 1. The Labute approximate surface area is 104 Å². The molecule has 1 aliphatic rings. The number of nitrogens with zero attached hydrogens (tertiary/aromatic N) is 4. The number of ether oxygens (including phenoxy) is 1. The van der Waals surface area contributed by atoms with Crippen LogP contribution in [0.3, 0.4) is 0 Å². The highest BCUT2D eigenvalue weighted by Crippen LogP contribution is 2.28. The molecule has 2 heterocycles. The fourth-order valence-corrected chi connectivity index (χ4v) is 1.88. The lowest BCUT2D eigenvalue weighted by atomic mass is 9.95. The van der Waals surface area contributed by atoms with Crippen molar-refractivity contribution in [2.75, 3.05) is 5.73 Å². The first-order chi connectivity index (χ1) is 8.43. The molecule has 18 heavy (non-hydrogen) atoms. The Morgan fingerprint density at radius 3 is 3.06 bits per heavy atom. The van der Waals surface area contributed by atoms with Crippen LogP contribution in [0, 0.1) is 0 Å². The molecule has 0 atom stereocenters. The lowest BCUT2D eigenvalue weighted by molar-refractivity contribution is -0.0412. The Bertz CT molecular complexity index is 561. The molecule has 94 valence electrons. The van der Waals surface area contributed by atoms with Crippen LogP contribution in [-0.4, -0.2) is 16.5 Å². The number of amides is 1. The Morgan fingerprint density at radius 2 is 2.39 bits per heavy atom. The molecular formula is C11H13N5O2. The normalized spacial score (nSPS) is 16.6. The molecule has 0 saturated carbocycles. The maximum atomic E-state index is 11.5. The van der Waals surface area contributed by atoms with Gasteiger partial charge < -0.3 is 10.5 Å². The largest absolute Gasteiger partial charge is 0.383 e. The first kappa shape index (κ1) is 12.3. The van der Waals surface area contributed by atoms with Crippen molar-refractivity contribution in [3.05, 3.63) is 33.3 Å². The number of hydrogen-bond donors (Lipinski definition) is 1. The molecule has 2 rings (SSSR count). The third-order valence-electron chi connectivity index (χ3n) is 2.80. The van der Waals surface area contributed by atoms with E-state index < -0.39 is 5.91 Å². The number of nitrogens with two attached hydrogens (primary N) is 1. The summed E-state index contributed by atoms with van der Waals surface area (Å²) in [6.45, 7) is 4.30. The van der Waals surface area contributed by atoms with Crippen LogP contribution in [0.4, 0.5) is 5.82 Å². The van der Waals surface area contributed by atoms with E-state index in [1.807, 2.05) is 13.8 Å². The van der Waals surface area contributed by atoms with E-state index in [1.54, 1.807) is 6.07 Å². The predicted molar refractivity (Wildman–Crippen MR) is 64.7 cm³/mol. The molecule has 1 aromatic heterocycles. The summed E-state index contributed by atoms with van der Waals surface area (Å²) in [6, 6.07) is 1.59. The third-order valence-corrected chi connectivity index (χ3v) is 2.80. The van der Waals surface area contributed by atoms with E-state index in [-0.39, 0.29) is 17.0 Å². The van der Waals surface area contributed by atoms with E-state index in [4.69, 9.17) is 16.0 Å². The quantitative estimate of drug-likeness (QED) is 0.464. The summed E-state index contributed by atoms with van der Waals surface area (Å²) < 4.78 is 5.63. The van der Waals surface area contributed by atoms with Crippen LogP contribution >= 0.6 is 0 Å². The average molecular weight is 247 g/mol. The van der Waals surface area contributed by atoms with Crippen molar-refractivity contribution in [3.63, 3.8) is 0 Å². The number of hydrogen-bond acceptors (Lipinski definition) is 4. The molecule has 7 nitrogen and oxygen atoms in total. The minimum absolute atomic E-state index is 0.0869. The molecular weight excluding hydrogens is 234 g/mol. The van der Waals surface area contributed by atoms with Crippen LogP contribution in [0.2, 0.25) is 0 Å². The summed E-state index contributed by atoms with van der Waals surface area (Å²) in [5.74, 6) is -0.640. The van der Waals surface area contributed by atoms with Gasteiger partial charge >= 0.3 is 0 Å². The number of rotatable bonds is 1. The maximum Gasteiger partial charge on any atom is 0.252 e. The average Bonchev–Trinajstić information content (AvgIpc) is 2.27. The minimum Gasteiger partial charge on any atom is -0.383 e. The van der Waals surface area contributed by atoms with Crippen LogP contribution in [-0.2, 0) is 17.8 Å². The molecule has 1 aliphatic heterocycles. The van der Waals surface area contributed by atoms with E-state index in [0.717, 1.165) is 11.3 Å². The van der Waals surface area contributed by atoms with Gasteiger partial charge in [-0.1, -0.05) is 0 Å². The molecule has 0 unspecified atom stereocenters. The predicted octanol–water partition coefficient (Wildman–Crippen LogP) is 1.97. The van der Waals surface area contributed by atoms with E-state index in [1.165, 1.54) is 0 Å². The molecule has 0 bridgehead atoms. The SMILES string of the molecule is CC1(C)Cc2nc(N)c(C(=O)N=[N+]=[N-])cc2CO1. The Morgan fingerprint density at radius 1 is 1.67 bits per heavy atom. The molecule has 0 spiro atoms. The zero-order valence-electron chi connectivity index (χ0n) is 10.2. The monoisotopic (exact) mass is 247 g/mol. The number of anilines is 1. The summed E-state index contributed by atoms with van der Waals surface area (Å²) in [4.78, 5) is 18.2. The van der Waals surface area contributed by atoms with Gasteiger partial charge in [-0.15, -0.1) is 0 Å². The van der Waals surface area contributed by atoms with Crippen LogP contribution in [0.15, 0.2) is 11.2 Å². The first-order valence-electron chi connectivity index (χ1n) is 5.44. The van der Waals surface area contributed by atoms with Gasteiger partial charge in [-0.3, -0.25) is 4.79 Å². The summed E-state index contributed by atoms with van der Waals surface area (Å²) >= 11 is 0. The smallest absolute Gasteiger partial charge is 0.252 e. The van der Waals surface area contributed by atoms with Gasteiger partial charge in [-0.05, 0) is 30.6 Å². The van der Waals surface area contributed by atoms with E-state index in [0.29, 0.717) is 13.0 Å². The topological polar surface area (TPSA) is 114 Å². The Kier molecular flexibility index (Phi) is 2.94. The standard InChI is InChI=1S/C11H13N5O2/c1-11(2)4-8-6(5-18-11)3-7(9(12)14-8)10(17)15-16-13/h3H,4-5H2,1-2H3,(H2,12,14). The number of pyridine rings is 1. The number of carbonyl (C=O) groups is 1. The molecule has 1 amide bonds. The second kappa shape index (κ2) is 4.29. The highest BCUT2D eigenvalue weighted by Gasteiger charge is 2.28. The number of carbonyl (C=O) groups excluding carboxylic acids is 1. The molecule has 0 saturated heterocycles. The van der Waals surface area contributed by atoms with Crippen molar-refractivity contribution >= 4 is 11.7 Å². The van der Waals surface area contributed by atoms with Crippen molar-refractivity contribution in [1.29, 1.82) is 0 Å². The van der Waals surface area contributed by atoms with Gasteiger partial charge in [0.25, 0.3) is 5.91 Å². The molecule has 0 aromatic carbocycles. The van der Waals surface area contributed by atoms with Crippen LogP contribution in [0.1, 0.15) is 35.5 Å². The third kappa shape index (κ3) is 2.27. The Balaban J connectivity index is 2.44. The molecule has 2 N–H and O–H groups in total. The van der Waals surface area contributed by atoms with Gasteiger partial charge in [0.2, 0.25) is 0 Å². The first-order valence-corrected chi connectivity index (χ1v) is 5.44. The fourth-order valence-electron chi connectivity index (χ4n) is 1.88. The Hall–Kier alpha value is -2.11. The van der Waals surface area contributed by atoms with Gasteiger partial charge in [0.15, 0.2) is 0 Å². The summed E-state index contributed by atoms with van der Waals surface area (Å²) in [5, 5.41) is 3.01. The van der Waals surface area contributed by atoms with Crippen molar-refractivity contribution in [2.45, 2.75) is 32.5 Å². The second-order valence-electron chi connectivity index (χ2n) is 4.75. The number of nitrogen functional groups attached to an aromatic ring is 1. The molecule has 1 aromatic rings. The summed E-state index contributed by atoms with van der Waals surface area (Å²) in [6.07, 6.45) is 0.628. The lowest BCUT2D eigenvalue weighted by Gasteiger charge is -2.31. The highest BCUT2D eigenvalue weighted by atomic mass is 16.5. The zero-order chi connectivity index (χ0) is 13.3. The van der Waals surface area contributed by atoms with Crippen molar-refractivity contribution < 1.29 is 9.53 Å². The summed E-state index contributed by atoms with van der Waals surface area (Å²) in [7, 11) is 0. The van der Waals surface area contributed by atoms with Crippen LogP contribution in [0.25, 0.3) is 10.4 Å². The van der Waals surface area contributed by atoms with Gasteiger partial charge in [0.05, 0.1) is 23.5 Å². The molecule has 0 fully saturated rings. The van der Waals surface area contributed by atoms with Gasteiger partial charge in [0.1, 0.15) is 5.82 Å². The van der Waals surface area contributed by atoms with Gasteiger partial charge in [-0.2, -0.15) is 0 Å². The zero-order valence-corrected chi connectivity index (χ0v) is 10.2. The van der Waals surface area contributed by atoms with Crippen molar-refractivity contribution in [2.24, 2.45) is 5.11 Å². The van der Waals surface area contributed by atoms with Crippen molar-refractivity contribution in [3.8, 4) is 0 Å². The van der Waals surface area contributed by atoms with E-state index >= 15 is 0 Å². The lowest BCUT2D eigenvalue weighted by Crippen LogP contribution is -2.33. The minimum atomic E-state index is -0.727. The van der Waals surface area contributed by atoms with E-state index in [9.17, 15) is 4.79 Å². The highest BCUT2D eigenvalue weighted by molar-refractivity contribution is 5.99. The van der Waals surface area contributed by atoms with Crippen molar-refractivity contribution in [1.82, 2.24) is 4.98 Å². The van der Waals surface area contributed by atoms with Crippen LogP contribution in [0.5, 0.6) is 0 Å². The van der Waals surface area contributed by atoms with E-state index in [2.05, 4.69) is 15.0 Å². The summed E-state index contributed by atoms with van der Waals surface area (Å²) in [5.41, 5.74) is 15.4. The maximum absolute atomic E-state index is 11.5.